The van der Waals surface area contributed by atoms with Gasteiger partial charge in [0.1, 0.15) is 0 Å². The summed E-state index contributed by atoms with van der Waals surface area (Å²) in [6, 6.07) is 16.4. The van der Waals surface area contributed by atoms with Crippen molar-refractivity contribution in [2.45, 2.75) is 33.0 Å². The Kier molecular flexibility index (Phi) is 6.67. The maximum atomic E-state index is 12.9. The van der Waals surface area contributed by atoms with E-state index in [9.17, 15) is 22.8 Å². The number of aryl methyl sites for hydroxylation is 1. The van der Waals surface area contributed by atoms with E-state index in [1.54, 1.807) is 49.4 Å². The van der Waals surface area contributed by atoms with E-state index in [0.29, 0.717) is 33.5 Å². The Morgan fingerprint density at radius 1 is 0.844 bits per heavy atom. The summed E-state index contributed by atoms with van der Waals surface area (Å²) in [6.45, 7) is 5.52. The van der Waals surface area contributed by atoms with Gasteiger partial charge in [-0.05, 0) is 73.9 Å². The number of carbonyl (C=O) groups excluding carboxylic acids is 2. The number of hydrogen-bond donors (Lipinski definition) is 2. The van der Waals surface area contributed by atoms with E-state index in [1.807, 2.05) is 13.8 Å². The summed E-state index contributed by atoms with van der Waals surface area (Å²) in [5, 5.41) is 5.63. The lowest BCUT2D eigenvalue weighted by Gasteiger charge is -2.14. The molecule has 0 aliphatic carbocycles. The third-order valence-corrected chi connectivity index (χ3v) is 4.84. The molecule has 3 rings (SSSR count). The van der Waals surface area contributed by atoms with Gasteiger partial charge in [-0.1, -0.05) is 30.3 Å². The van der Waals surface area contributed by atoms with Crippen molar-refractivity contribution >= 4 is 17.5 Å². The molecule has 0 fully saturated rings. The number of anilines is 1. The first kappa shape index (κ1) is 23.1. The molecule has 0 aliphatic rings. The van der Waals surface area contributed by atoms with Crippen molar-refractivity contribution < 1.29 is 22.8 Å². The minimum Gasteiger partial charge on any atom is -0.350 e. The topological polar surface area (TPSA) is 58.2 Å². The van der Waals surface area contributed by atoms with Crippen LogP contribution in [0, 0.1) is 6.92 Å². The van der Waals surface area contributed by atoms with Crippen LogP contribution in [0.3, 0.4) is 0 Å². The first-order valence-corrected chi connectivity index (χ1v) is 10.1. The molecule has 0 atom stereocenters. The van der Waals surface area contributed by atoms with Crippen molar-refractivity contribution in [2.24, 2.45) is 0 Å². The molecule has 0 heterocycles. The van der Waals surface area contributed by atoms with Crippen LogP contribution in [0.2, 0.25) is 0 Å². The Balaban J connectivity index is 1.84. The van der Waals surface area contributed by atoms with Crippen molar-refractivity contribution in [3.63, 3.8) is 0 Å². The summed E-state index contributed by atoms with van der Waals surface area (Å²) < 4.78 is 38.6. The van der Waals surface area contributed by atoms with Crippen LogP contribution in [0.4, 0.5) is 18.9 Å². The molecular formula is C25H23F3N2O2. The molecule has 166 valence electrons. The smallest absolute Gasteiger partial charge is 0.350 e. The molecule has 3 aromatic rings. The molecule has 0 spiro atoms. The highest BCUT2D eigenvalue weighted by Gasteiger charge is 2.30. The monoisotopic (exact) mass is 440 g/mol. The first-order chi connectivity index (χ1) is 15.1. The van der Waals surface area contributed by atoms with Crippen LogP contribution in [0.5, 0.6) is 0 Å². The number of alkyl halides is 3. The molecular weight excluding hydrogens is 417 g/mol. The zero-order valence-corrected chi connectivity index (χ0v) is 17.9. The normalized spacial score (nSPS) is 11.3. The van der Waals surface area contributed by atoms with Crippen LogP contribution in [0.15, 0.2) is 66.7 Å². The van der Waals surface area contributed by atoms with Crippen LogP contribution in [0.25, 0.3) is 11.1 Å². The molecule has 0 aromatic heterocycles. The van der Waals surface area contributed by atoms with Crippen molar-refractivity contribution in [1.82, 2.24) is 5.32 Å². The van der Waals surface area contributed by atoms with Crippen LogP contribution in [-0.2, 0) is 6.18 Å². The van der Waals surface area contributed by atoms with Crippen molar-refractivity contribution in [3.8, 4) is 11.1 Å². The van der Waals surface area contributed by atoms with Gasteiger partial charge in [0.15, 0.2) is 0 Å². The Hall–Kier alpha value is -3.61. The summed E-state index contributed by atoms with van der Waals surface area (Å²) in [5.41, 5.74) is 2.32. The standard InChI is InChI=1S/C25H23F3N2O2/c1-15(2)29-23(31)20-13-12-19(14-16(20)3)30-24(32)22-7-5-4-6-21(22)17-8-10-18(11-9-17)25(26,27)28/h4-15H,1-3H3,(H,29,31)(H,30,32). The lowest BCUT2D eigenvalue weighted by atomic mass is 9.98. The minimum absolute atomic E-state index is 0.00276. The molecule has 2 amide bonds. The highest BCUT2D eigenvalue weighted by atomic mass is 19.4. The van der Waals surface area contributed by atoms with E-state index in [0.717, 1.165) is 12.1 Å². The van der Waals surface area contributed by atoms with E-state index in [4.69, 9.17) is 0 Å². The number of nitrogens with one attached hydrogen (secondary N) is 2. The van der Waals surface area contributed by atoms with Crippen LogP contribution in [-0.4, -0.2) is 17.9 Å². The number of carbonyl (C=O) groups is 2. The summed E-state index contributed by atoms with van der Waals surface area (Å²) >= 11 is 0. The summed E-state index contributed by atoms with van der Waals surface area (Å²) in [5.74, 6) is -0.595. The highest BCUT2D eigenvalue weighted by molar-refractivity contribution is 6.09. The van der Waals surface area contributed by atoms with E-state index < -0.39 is 17.6 Å². The Morgan fingerprint density at radius 3 is 2.09 bits per heavy atom. The van der Waals surface area contributed by atoms with Gasteiger partial charge in [0.05, 0.1) is 5.56 Å². The third kappa shape index (κ3) is 5.35. The number of rotatable bonds is 5. The molecule has 32 heavy (non-hydrogen) atoms. The minimum atomic E-state index is -4.43. The van der Waals surface area contributed by atoms with E-state index in [2.05, 4.69) is 10.6 Å². The Bertz CT molecular complexity index is 1140. The van der Waals surface area contributed by atoms with Crippen molar-refractivity contribution in [2.75, 3.05) is 5.32 Å². The summed E-state index contributed by atoms with van der Waals surface area (Å²) in [7, 11) is 0. The van der Waals surface area contributed by atoms with E-state index >= 15 is 0 Å². The largest absolute Gasteiger partial charge is 0.416 e. The van der Waals surface area contributed by atoms with Gasteiger partial charge in [-0.2, -0.15) is 13.2 Å². The predicted octanol–water partition coefficient (Wildman–Crippen LogP) is 6.07. The number of amides is 2. The van der Waals surface area contributed by atoms with Crippen LogP contribution < -0.4 is 10.6 Å². The fourth-order valence-corrected chi connectivity index (χ4v) is 3.31. The average molecular weight is 440 g/mol. The van der Waals surface area contributed by atoms with Crippen molar-refractivity contribution in [3.05, 3.63) is 89.0 Å². The molecule has 2 N–H and O–H groups in total. The SMILES string of the molecule is Cc1cc(NC(=O)c2ccccc2-c2ccc(C(F)(F)F)cc2)ccc1C(=O)NC(C)C. The summed E-state index contributed by atoms with van der Waals surface area (Å²) in [6.07, 6.45) is -4.43. The molecule has 3 aromatic carbocycles. The second-order valence-electron chi connectivity index (χ2n) is 7.73. The zero-order valence-electron chi connectivity index (χ0n) is 17.9. The maximum absolute atomic E-state index is 12.9. The Morgan fingerprint density at radius 2 is 1.50 bits per heavy atom. The van der Waals surface area contributed by atoms with Gasteiger partial charge >= 0.3 is 6.18 Å². The molecule has 0 unspecified atom stereocenters. The van der Waals surface area contributed by atoms with Crippen LogP contribution in [0.1, 0.15) is 45.7 Å². The average Bonchev–Trinajstić information content (AvgIpc) is 2.72. The molecule has 0 radical (unpaired) electrons. The fourth-order valence-electron chi connectivity index (χ4n) is 3.31. The van der Waals surface area contributed by atoms with Gasteiger partial charge < -0.3 is 10.6 Å². The van der Waals surface area contributed by atoms with Gasteiger partial charge in [0.2, 0.25) is 0 Å². The third-order valence-electron chi connectivity index (χ3n) is 4.84. The van der Waals surface area contributed by atoms with Gasteiger partial charge in [0, 0.05) is 22.9 Å². The van der Waals surface area contributed by atoms with E-state index in [-0.39, 0.29) is 11.9 Å². The number of hydrogen-bond acceptors (Lipinski definition) is 2. The van der Waals surface area contributed by atoms with Gasteiger partial charge in [0.25, 0.3) is 11.8 Å². The lowest BCUT2D eigenvalue weighted by molar-refractivity contribution is -0.137. The molecule has 0 saturated heterocycles. The molecule has 0 aliphatic heterocycles. The molecule has 0 saturated carbocycles. The Labute approximate surface area is 184 Å². The number of halogens is 3. The fraction of sp³-hybridized carbons (Fsp3) is 0.200. The van der Waals surface area contributed by atoms with E-state index in [1.165, 1.54) is 12.1 Å². The molecule has 4 nitrogen and oxygen atoms in total. The van der Waals surface area contributed by atoms with Gasteiger partial charge in [-0.15, -0.1) is 0 Å². The maximum Gasteiger partial charge on any atom is 0.416 e. The number of benzene rings is 3. The van der Waals surface area contributed by atoms with Gasteiger partial charge in [-0.25, -0.2) is 0 Å². The second kappa shape index (κ2) is 9.26. The first-order valence-electron chi connectivity index (χ1n) is 10.1. The van der Waals surface area contributed by atoms with Gasteiger partial charge in [-0.3, -0.25) is 9.59 Å². The quantitative estimate of drug-likeness (QED) is 0.506. The van der Waals surface area contributed by atoms with Crippen LogP contribution >= 0.6 is 0 Å². The molecule has 0 bridgehead atoms. The molecule has 7 heteroatoms. The highest BCUT2D eigenvalue weighted by Crippen LogP contribution is 2.32. The zero-order chi connectivity index (χ0) is 23.5. The second-order valence-corrected chi connectivity index (χ2v) is 7.73. The van der Waals surface area contributed by atoms with Crippen molar-refractivity contribution in [1.29, 1.82) is 0 Å². The lowest BCUT2D eigenvalue weighted by Crippen LogP contribution is -2.30. The summed E-state index contributed by atoms with van der Waals surface area (Å²) in [4.78, 5) is 25.2. The predicted molar refractivity (Wildman–Crippen MR) is 119 cm³/mol.